The van der Waals surface area contributed by atoms with Crippen molar-refractivity contribution in [3.63, 3.8) is 0 Å². The molecule has 1 atom stereocenters. The van der Waals surface area contributed by atoms with Crippen LogP contribution in [0.5, 0.6) is 0 Å². The first-order valence-corrected chi connectivity index (χ1v) is 8.21. The smallest absolute Gasteiger partial charge is 0.391 e. The first-order valence-electron chi connectivity index (χ1n) is 6.71. The van der Waals surface area contributed by atoms with E-state index < -0.39 is 39.3 Å². The Bertz CT molecular complexity index is 469. The molecule has 0 heterocycles. The molecule has 0 bridgehead atoms. The molecule has 1 aliphatic carbocycles. The molecule has 0 aromatic heterocycles. The highest BCUT2D eigenvalue weighted by atomic mass is 32.2. The average Bonchev–Trinajstić information content (AvgIpc) is 2.37. The maximum absolute atomic E-state index is 12.6. The third-order valence-electron chi connectivity index (χ3n) is 3.95. The van der Waals surface area contributed by atoms with E-state index in [4.69, 9.17) is 5.11 Å². The number of sulfonamides is 1. The van der Waals surface area contributed by atoms with Gasteiger partial charge in [0, 0.05) is 13.6 Å². The van der Waals surface area contributed by atoms with Crippen molar-refractivity contribution < 1.29 is 31.5 Å². The van der Waals surface area contributed by atoms with Crippen LogP contribution in [0.15, 0.2) is 0 Å². The number of alkyl halides is 3. The maximum Gasteiger partial charge on any atom is 0.391 e. The zero-order valence-electron chi connectivity index (χ0n) is 11.9. The van der Waals surface area contributed by atoms with Gasteiger partial charge in [-0.05, 0) is 25.7 Å². The molecule has 0 amide bonds. The number of carboxylic acid groups (broad SMARTS) is 1. The Hall–Kier alpha value is -0.830. The molecule has 0 aromatic carbocycles. The second kappa shape index (κ2) is 6.51. The molecular weight excluding hydrogens is 311 g/mol. The van der Waals surface area contributed by atoms with Crippen LogP contribution < -0.4 is 0 Å². The van der Waals surface area contributed by atoms with E-state index in [2.05, 4.69) is 0 Å². The monoisotopic (exact) mass is 331 g/mol. The highest BCUT2D eigenvalue weighted by Crippen LogP contribution is 2.39. The highest BCUT2D eigenvalue weighted by molar-refractivity contribution is 7.89. The van der Waals surface area contributed by atoms with Crippen LogP contribution in [0.25, 0.3) is 0 Å². The summed E-state index contributed by atoms with van der Waals surface area (Å²) in [5, 5.41) is 7.93. The zero-order valence-corrected chi connectivity index (χ0v) is 12.7. The zero-order chi connectivity index (χ0) is 16.4. The summed E-state index contributed by atoms with van der Waals surface area (Å²) in [4.78, 5) is 10.7. The lowest BCUT2D eigenvalue weighted by Gasteiger charge is -2.32. The van der Waals surface area contributed by atoms with Gasteiger partial charge in [-0.3, -0.25) is 4.79 Å². The van der Waals surface area contributed by atoms with Crippen LogP contribution in [0.2, 0.25) is 0 Å². The second-order valence-electron chi connectivity index (χ2n) is 5.58. The molecular formula is C12H20F3NO4S. The first-order chi connectivity index (χ1) is 9.46. The van der Waals surface area contributed by atoms with E-state index in [1.165, 1.54) is 14.0 Å². The summed E-state index contributed by atoms with van der Waals surface area (Å²) in [7, 11) is -2.49. The van der Waals surface area contributed by atoms with Gasteiger partial charge in [0.2, 0.25) is 10.0 Å². The molecule has 1 unspecified atom stereocenters. The molecule has 5 nitrogen and oxygen atoms in total. The van der Waals surface area contributed by atoms with Crippen molar-refractivity contribution >= 4 is 16.0 Å². The summed E-state index contributed by atoms with van der Waals surface area (Å²) in [6, 6.07) is 0. The number of nitrogens with zero attached hydrogens (tertiary/aromatic N) is 1. The largest absolute Gasteiger partial charge is 0.481 e. The number of rotatable bonds is 5. The van der Waals surface area contributed by atoms with E-state index in [1.54, 1.807) is 0 Å². The number of hydrogen-bond donors (Lipinski definition) is 1. The van der Waals surface area contributed by atoms with Crippen LogP contribution in [0.3, 0.4) is 0 Å². The third-order valence-corrected chi connectivity index (χ3v) is 6.28. The second-order valence-corrected chi connectivity index (χ2v) is 7.90. The van der Waals surface area contributed by atoms with Crippen LogP contribution in [-0.4, -0.2) is 48.8 Å². The van der Waals surface area contributed by atoms with Crippen LogP contribution in [0.1, 0.15) is 32.6 Å². The standard InChI is InChI=1S/C12H20F3NO4S/c1-8(11(17)18)7-16(2)21(19,20)10-5-3-9(4-6-10)12(13,14)15/h8-10H,3-7H2,1-2H3,(H,17,18). The number of hydrogen-bond acceptors (Lipinski definition) is 3. The lowest BCUT2D eigenvalue weighted by atomic mass is 9.88. The molecule has 0 aromatic rings. The van der Waals surface area contributed by atoms with Crippen molar-refractivity contribution in [3.8, 4) is 0 Å². The van der Waals surface area contributed by atoms with Crippen molar-refractivity contribution in [2.75, 3.05) is 13.6 Å². The Labute approximate surface area is 122 Å². The summed E-state index contributed by atoms with van der Waals surface area (Å²) in [5.74, 6) is -3.42. The van der Waals surface area contributed by atoms with Crippen LogP contribution in [0.4, 0.5) is 13.2 Å². The van der Waals surface area contributed by atoms with Crippen molar-refractivity contribution in [1.82, 2.24) is 4.31 Å². The third kappa shape index (κ3) is 4.57. The van der Waals surface area contributed by atoms with Gasteiger partial charge < -0.3 is 5.11 Å². The minimum atomic E-state index is -4.28. The first kappa shape index (κ1) is 18.2. The molecule has 1 aliphatic rings. The summed E-state index contributed by atoms with van der Waals surface area (Å²) in [5.41, 5.74) is 0. The molecule has 1 rings (SSSR count). The fourth-order valence-electron chi connectivity index (χ4n) is 2.51. The Kier molecular flexibility index (Phi) is 5.65. The summed E-state index contributed by atoms with van der Waals surface area (Å²) >= 11 is 0. The van der Waals surface area contributed by atoms with Gasteiger partial charge in [0.25, 0.3) is 0 Å². The Balaban J connectivity index is 2.67. The topological polar surface area (TPSA) is 74.7 Å². The van der Waals surface area contributed by atoms with Gasteiger partial charge >= 0.3 is 12.1 Å². The van der Waals surface area contributed by atoms with E-state index in [-0.39, 0.29) is 32.2 Å². The predicted molar refractivity (Wildman–Crippen MR) is 70.2 cm³/mol. The molecule has 1 fully saturated rings. The lowest BCUT2D eigenvalue weighted by Crippen LogP contribution is -2.42. The van der Waals surface area contributed by atoms with Crippen LogP contribution in [0, 0.1) is 11.8 Å². The number of halogens is 3. The summed E-state index contributed by atoms with van der Waals surface area (Å²) in [6.45, 7) is 1.20. The van der Waals surface area contributed by atoms with Crippen molar-refractivity contribution in [2.24, 2.45) is 11.8 Å². The lowest BCUT2D eigenvalue weighted by molar-refractivity contribution is -0.181. The van der Waals surface area contributed by atoms with E-state index >= 15 is 0 Å². The molecule has 0 radical (unpaired) electrons. The fourth-order valence-corrected chi connectivity index (χ4v) is 4.32. The van der Waals surface area contributed by atoms with E-state index in [0.717, 1.165) is 4.31 Å². The molecule has 1 N–H and O–H groups in total. The van der Waals surface area contributed by atoms with Gasteiger partial charge in [-0.2, -0.15) is 13.2 Å². The summed E-state index contributed by atoms with van der Waals surface area (Å²) in [6.07, 6.45) is -4.76. The molecule has 9 heteroatoms. The number of aliphatic carboxylic acids is 1. The van der Waals surface area contributed by atoms with Gasteiger partial charge in [0.1, 0.15) is 0 Å². The van der Waals surface area contributed by atoms with E-state index in [1.807, 2.05) is 0 Å². The van der Waals surface area contributed by atoms with Crippen LogP contribution >= 0.6 is 0 Å². The molecule has 124 valence electrons. The molecule has 0 spiro atoms. The van der Waals surface area contributed by atoms with Gasteiger partial charge in [-0.1, -0.05) is 6.92 Å². The molecule has 0 saturated heterocycles. The van der Waals surface area contributed by atoms with Crippen LogP contribution in [-0.2, 0) is 14.8 Å². The van der Waals surface area contributed by atoms with Gasteiger partial charge in [0.15, 0.2) is 0 Å². The highest BCUT2D eigenvalue weighted by Gasteiger charge is 2.44. The van der Waals surface area contributed by atoms with E-state index in [0.29, 0.717) is 0 Å². The minimum Gasteiger partial charge on any atom is -0.481 e. The number of carboxylic acids is 1. The minimum absolute atomic E-state index is 0.0434. The van der Waals surface area contributed by atoms with Gasteiger partial charge in [-0.15, -0.1) is 0 Å². The number of carbonyl (C=O) groups is 1. The quantitative estimate of drug-likeness (QED) is 0.837. The SMILES string of the molecule is CC(CN(C)S(=O)(=O)C1CCC(C(F)(F)F)CC1)C(=O)O. The maximum atomic E-state index is 12.6. The van der Waals surface area contributed by atoms with Gasteiger partial charge in [-0.25, -0.2) is 12.7 Å². The Morgan fingerprint density at radius 3 is 2.14 bits per heavy atom. The Morgan fingerprint density at radius 2 is 1.76 bits per heavy atom. The van der Waals surface area contributed by atoms with Crippen molar-refractivity contribution in [2.45, 2.75) is 44.0 Å². The average molecular weight is 331 g/mol. The molecule has 21 heavy (non-hydrogen) atoms. The normalized spacial score (nSPS) is 25.8. The molecule has 1 saturated carbocycles. The summed E-state index contributed by atoms with van der Waals surface area (Å²) < 4.78 is 63.1. The van der Waals surface area contributed by atoms with Gasteiger partial charge in [0.05, 0.1) is 17.1 Å². The predicted octanol–water partition coefficient (Wildman–Crippen LogP) is 2.09. The Morgan fingerprint density at radius 1 is 1.29 bits per heavy atom. The molecule has 0 aliphatic heterocycles. The van der Waals surface area contributed by atoms with E-state index in [9.17, 15) is 26.4 Å². The van der Waals surface area contributed by atoms with Crippen molar-refractivity contribution in [3.05, 3.63) is 0 Å². The van der Waals surface area contributed by atoms with Crippen molar-refractivity contribution in [1.29, 1.82) is 0 Å². The fraction of sp³-hybridized carbons (Fsp3) is 0.917.